The number of nitrogens with zero attached hydrogens (tertiary/aromatic N) is 3. The Morgan fingerprint density at radius 2 is 2.31 bits per heavy atom. The molecule has 1 rings (SSSR count). The van der Waals surface area contributed by atoms with Gasteiger partial charge in [-0.25, -0.2) is 0 Å². The van der Waals surface area contributed by atoms with Crippen molar-refractivity contribution < 1.29 is 4.92 Å². The summed E-state index contributed by atoms with van der Waals surface area (Å²) in [5.74, 6) is -0.0591. The van der Waals surface area contributed by atoms with Crippen LogP contribution in [0.4, 0.5) is 11.5 Å². The monoisotopic (exact) mass is 184 g/mol. The molecule has 1 heterocycles. The molecule has 0 aliphatic rings. The van der Waals surface area contributed by atoms with E-state index < -0.39 is 4.92 Å². The molecule has 0 bridgehead atoms. The van der Waals surface area contributed by atoms with Gasteiger partial charge in [0.1, 0.15) is 6.20 Å². The molecule has 0 aliphatic carbocycles. The minimum absolute atomic E-state index is 0.0591. The minimum Gasteiger partial charge on any atom is -0.364 e. The normalized spacial score (nSPS) is 10.5. The molecule has 0 aliphatic heterocycles. The number of nitro groups is 1. The number of aromatic nitrogens is 2. The fourth-order valence-electron chi connectivity index (χ4n) is 0.944. The highest BCUT2D eigenvalue weighted by Gasteiger charge is 2.19. The summed E-state index contributed by atoms with van der Waals surface area (Å²) < 4.78 is 0. The van der Waals surface area contributed by atoms with Gasteiger partial charge >= 0.3 is 5.82 Å². The number of anilines is 1. The quantitative estimate of drug-likeness (QED) is 0.565. The first kappa shape index (κ1) is 9.50. The van der Waals surface area contributed by atoms with Gasteiger partial charge in [0.25, 0.3) is 0 Å². The van der Waals surface area contributed by atoms with E-state index in [0.717, 1.165) is 0 Å². The van der Waals surface area contributed by atoms with Gasteiger partial charge in [-0.05, 0) is 18.8 Å². The average molecular weight is 184 g/mol. The molecule has 0 saturated carbocycles. The van der Waals surface area contributed by atoms with Crippen molar-refractivity contribution in [1.82, 2.24) is 10.2 Å². The second-order valence-electron chi connectivity index (χ2n) is 3.07. The highest BCUT2D eigenvalue weighted by Crippen LogP contribution is 2.24. The third-order valence-electron chi connectivity index (χ3n) is 1.94. The number of H-pyrrole nitrogens is 1. The SMILES string of the molecule is CC(C)N(C)c1cn[nH]c1[N+](=O)[O-]. The van der Waals surface area contributed by atoms with Gasteiger partial charge in [-0.3, -0.25) is 0 Å². The maximum absolute atomic E-state index is 10.5. The molecule has 1 aromatic heterocycles. The van der Waals surface area contributed by atoms with Crippen LogP contribution in [0.5, 0.6) is 0 Å². The fourth-order valence-corrected chi connectivity index (χ4v) is 0.944. The lowest BCUT2D eigenvalue weighted by Gasteiger charge is -2.20. The van der Waals surface area contributed by atoms with E-state index in [4.69, 9.17) is 0 Å². The van der Waals surface area contributed by atoms with E-state index in [2.05, 4.69) is 10.2 Å². The van der Waals surface area contributed by atoms with Gasteiger partial charge in [-0.1, -0.05) is 5.10 Å². The van der Waals surface area contributed by atoms with Crippen LogP contribution in [0.15, 0.2) is 6.20 Å². The van der Waals surface area contributed by atoms with Gasteiger partial charge < -0.3 is 15.0 Å². The van der Waals surface area contributed by atoms with Crippen LogP contribution in [0, 0.1) is 10.1 Å². The van der Waals surface area contributed by atoms with Crippen molar-refractivity contribution in [2.24, 2.45) is 0 Å². The van der Waals surface area contributed by atoms with Crippen molar-refractivity contribution in [2.75, 3.05) is 11.9 Å². The van der Waals surface area contributed by atoms with Gasteiger partial charge in [0.05, 0.1) is 0 Å². The molecule has 0 aromatic carbocycles. The Labute approximate surface area is 75.7 Å². The van der Waals surface area contributed by atoms with E-state index in [9.17, 15) is 10.1 Å². The topological polar surface area (TPSA) is 75.1 Å². The zero-order valence-corrected chi connectivity index (χ0v) is 7.81. The second-order valence-corrected chi connectivity index (χ2v) is 3.07. The summed E-state index contributed by atoms with van der Waals surface area (Å²) in [6, 6.07) is 0.205. The predicted molar refractivity (Wildman–Crippen MR) is 48.8 cm³/mol. The smallest absolute Gasteiger partial charge is 0.364 e. The lowest BCUT2D eigenvalue weighted by atomic mass is 10.3. The molecule has 0 atom stereocenters. The lowest BCUT2D eigenvalue weighted by Crippen LogP contribution is -2.25. The number of aromatic amines is 1. The Bertz CT molecular complexity index is 307. The van der Waals surface area contributed by atoms with E-state index in [1.165, 1.54) is 6.20 Å². The number of hydrogen-bond donors (Lipinski definition) is 1. The van der Waals surface area contributed by atoms with E-state index in [-0.39, 0.29) is 11.9 Å². The number of hydrogen-bond acceptors (Lipinski definition) is 4. The van der Waals surface area contributed by atoms with Crippen LogP contribution in [0.1, 0.15) is 13.8 Å². The molecular weight excluding hydrogens is 172 g/mol. The Balaban J connectivity index is 3.00. The predicted octanol–water partition coefficient (Wildman–Crippen LogP) is 1.16. The van der Waals surface area contributed by atoms with Crippen LogP contribution in [0.25, 0.3) is 0 Å². The van der Waals surface area contributed by atoms with Gasteiger partial charge in [-0.2, -0.15) is 0 Å². The van der Waals surface area contributed by atoms with Gasteiger partial charge in [-0.15, -0.1) is 5.10 Å². The summed E-state index contributed by atoms with van der Waals surface area (Å²) in [4.78, 5) is 11.8. The van der Waals surface area contributed by atoms with Crippen molar-refractivity contribution in [2.45, 2.75) is 19.9 Å². The van der Waals surface area contributed by atoms with Crippen LogP contribution in [0.3, 0.4) is 0 Å². The maximum atomic E-state index is 10.5. The van der Waals surface area contributed by atoms with Crippen LogP contribution < -0.4 is 4.90 Å². The van der Waals surface area contributed by atoms with Crippen LogP contribution in [-0.2, 0) is 0 Å². The first-order valence-corrected chi connectivity index (χ1v) is 3.94. The molecule has 0 fully saturated rings. The Morgan fingerprint density at radius 1 is 1.69 bits per heavy atom. The highest BCUT2D eigenvalue weighted by molar-refractivity contribution is 5.57. The van der Waals surface area contributed by atoms with Gasteiger partial charge in [0.2, 0.25) is 0 Å². The molecular formula is C7H12N4O2. The zero-order chi connectivity index (χ0) is 10.0. The Kier molecular flexibility index (Phi) is 2.50. The Morgan fingerprint density at radius 3 is 2.77 bits per heavy atom. The summed E-state index contributed by atoms with van der Waals surface area (Å²) in [5.41, 5.74) is 0.514. The summed E-state index contributed by atoms with van der Waals surface area (Å²) in [7, 11) is 1.79. The van der Waals surface area contributed by atoms with E-state index in [0.29, 0.717) is 5.69 Å². The van der Waals surface area contributed by atoms with Crippen molar-refractivity contribution >= 4 is 11.5 Å². The summed E-state index contributed by atoms with van der Waals surface area (Å²) >= 11 is 0. The molecule has 0 spiro atoms. The standard InChI is InChI=1S/C7H12N4O2/c1-5(2)10(3)6-4-8-9-7(6)11(12)13/h4-5H,1-3H3,(H,8,9). The molecule has 72 valence electrons. The molecule has 0 saturated heterocycles. The molecule has 0 radical (unpaired) electrons. The molecule has 1 aromatic rings. The number of nitrogens with one attached hydrogen (secondary N) is 1. The first-order valence-electron chi connectivity index (χ1n) is 3.94. The van der Waals surface area contributed by atoms with Crippen molar-refractivity contribution in [1.29, 1.82) is 0 Å². The first-order chi connectivity index (χ1) is 6.04. The van der Waals surface area contributed by atoms with Crippen molar-refractivity contribution in [3.8, 4) is 0 Å². The molecule has 1 N–H and O–H groups in total. The third-order valence-corrected chi connectivity index (χ3v) is 1.94. The zero-order valence-electron chi connectivity index (χ0n) is 7.81. The van der Waals surface area contributed by atoms with Gasteiger partial charge in [0, 0.05) is 13.1 Å². The van der Waals surface area contributed by atoms with E-state index in [1.807, 2.05) is 13.8 Å². The van der Waals surface area contributed by atoms with Crippen LogP contribution in [0.2, 0.25) is 0 Å². The maximum Gasteiger partial charge on any atom is 0.366 e. The molecule has 6 heteroatoms. The number of rotatable bonds is 3. The molecule has 6 nitrogen and oxygen atoms in total. The lowest BCUT2D eigenvalue weighted by molar-refractivity contribution is -0.388. The highest BCUT2D eigenvalue weighted by atomic mass is 16.6. The summed E-state index contributed by atoms with van der Waals surface area (Å²) in [5, 5.41) is 16.5. The summed E-state index contributed by atoms with van der Waals surface area (Å²) in [6.45, 7) is 3.91. The van der Waals surface area contributed by atoms with Crippen molar-refractivity contribution in [3.63, 3.8) is 0 Å². The van der Waals surface area contributed by atoms with Crippen LogP contribution >= 0.6 is 0 Å². The molecule has 0 amide bonds. The molecule has 0 unspecified atom stereocenters. The average Bonchev–Trinajstić information content (AvgIpc) is 2.50. The Hall–Kier alpha value is -1.59. The molecule has 13 heavy (non-hydrogen) atoms. The summed E-state index contributed by atoms with van der Waals surface area (Å²) in [6.07, 6.45) is 1.46. The van der Waals surface area contributed by atoms with Gasteiger partial charge in [0.15, 0.2) is 5.69 Å². The largest absolute Gasteiger partial charge is 0.366 e. The minimum atomic E-state index is -0.471. The van der Waals surface area contributed by atoms with Crippen LogP contribution in [-0.4, -0.2) is 28.2 Å². The second kappa shape index (κ2) is 3.42. The van der Waals surface area contributed by atoms with E-state index in [1.54, 1.807) is 11.9 Å². The van der Waals surface area contributed by atoms with Crippen molar-refractivity contribution in [3.05, 3.63) is 16.3 Å². The third kappa shape index (κ3) is 1.77. The fraction of sp³-hybridized carbons (Fsp3) is 0.571. The van der Waals surface area contributed by atoms with E-state index >= 15 is 0 Å².